The zero-order chi connectivity index (χ0) is 21.1. The van der Waals surface area contributed by atoms with Crippen LogP contribution in [0, 0.1) is 16.7 Å². The molecule has 0 bridgehead atoms. The SMILES string of the molecule is Cn1c(=O)c2c(-c3ccc(C#N)cc3)c3c(nc2n(C)c1=O)CC(C)(C)CC3=O. The Morgan fingerprint density at radius 1 is 1.00 bits per heavy atom. The number of hydrogen-bond donors (Lipinski definition) is 0. The van der Waals surface area contributed by atoms with E-state index in [9.17, 15) is 14.4 Å². The van der Waals surface area contributed by atoms with Crippen molar-refractivity contribution in [2.24, 2.45) is 19.5 Å². The van der Waals surface area contributed by atoms with E-state index < -0.39 is 11.2 Å². The predicted octanol–water partition coefficient (Wildman–Crippen LogP) is 2.33. The van der Waals surface area contributed by atoms with Crippen molar-refractivity contribution >= 4 is 16.8 Å². The van der Waals surface area contributed by atoms with Crippen molar-refractivity contribution < 1.29 is 4.79 Å². The van der Waals surface area contributed by atoms with E-state index in [0.717, 1.165) is 4.57 Å². The number of hydrogen-bond acceptors (Lipinski definition) is 5. The lowest BCUT2D eigenvalue weighted by molar-refractivity contribution is 0.0911. The van der Waals surface area contributed by atoms with Crippen molar-refractivity contribution in [1.82, 2.24) is 14.1 Å². The van der Waals surface area contributed by atoms with E-state index in [2.05, 4.69) is 11.1 Å². The van der Waals surface area contributed by atoms with Crippen molar-refractivity contribution in [3.8, 4) is 17.2 Å². The molecule has 0 atom stereocenters. The lowest BCUT2D eigenvalue weighted by Gasteiger charge is -2.31. The number of nitriles is 1. The van der Waals surface area contributed by atoms with Gasteiger partial charge in [0.1, 0.15) is 5.65 Å². The maximum atomic E-state index is 13.1. The molecular weight excluding hydrogens is 368 g/mol. The smallest absolute Gasteiger partial charge is 0.294 e. The highest BCUT2D eigenvalue weighted by molar-refractivity contribution is 6.10. The predicted molar refractivity (Wildman–Crippen MR) is 109 cm³/mol. The van der Waals surface area contributed by atoms with Gasteiger partial charge >= 0.3 is 5.69 Å². The van der Waals surface area contributed by atoms with Crippen molar-refractivity contribution in [2.45, 2.75) is 26.7 Å². The third-order valence-corrected chi connectivity index (χ3v) is 5.53. The molecule has 4 rings (SSSR count). The van der Waals surface area contributed by atoms with Gasteiger partial charge in [-0.3, -0.25) is 18.7 Å². The minimum absolute atomic E-state index is 0.0686. The van der Waals surface area contributed by atoms with Crippen LogP contribution in [-0.4, -0.2) is 19.9 Å². The first-order chi connectivity index (χ1) is 13.6. The molecule has 1 aromatic carbocycles. The number of aryl methyl sites for hydroxylation is 1. The molecule has 1 aliphatic carbocycles. The molecule has 7 nitrogen and oxygen atoms in total. The van der Waals surface area contributed by atoms with Crippen LogP contribution in [0.15, 0.2) is 33.9 Å². The average Bonchev–Trinajstić information content (AvgIpc) is 2.68. The molecule has 0 saturated carbocycles. The highest BCUT2D eigenvalue weighted by Gasteiger charge is 2.36. The number of rotatable bonds is 1. The number of nitrogens with zero attached hydrogens (tertiary/aromatic N) is 4. The summed E-state index contributed by atoms with van der Waals surface area (Å²) < 4.78 is 2.37. The third kappa shape index (κ3) is 2.80. The van der Waals surface area contributed by atoms with Crippen LogP contribution in [0.25, 0.3) is 22.2 Å². The van der Waals surface area contributed by atoms with Gasteiger partial charge in [-0.25, -0.2) is 9.78 Å². The van der Waals surface area contributed by atoms with Gasteiger partial charge in [0.2, 0.25) is 0 Å². The van der Waals surface area contributed by atoms with Gasteiger partial charge in [-0.15, -0.1) is 0 Å². The summed E-state index contributed by atoms with van der Waals surface area (Å²) in [5.41, 5.74) is 1.71. The molecule has 146 valence electrons. The summed E-state index contributed by atoms with van der Waals surface area (Å²) in [5, 5.41) is 9.35. The fourth-order valence-corrected chi connectivity index (χ4v) is 4.10. The van der Waals surface area contributed by atoms with E-state index in [4.69, 9.17) is 5.26 Å². The van der Waals surface area contributed by atoms with E-state index in [1.165, 1.54) is 11.6 Å². The second-order valence-corrected chi connectivity index (χ2v) is 8.34. The fourth-order valence-electron chi connectivity index (χ4n) is 4.10. The Labute approximate surface area is 166 Å². The minimum atomic E-state index is -0.490. The second-order valence-electron chi connectivity index (χ2n) is 8.34. The van der Waals surface area contributed by atoms with Crippen LogP contribution in [0.1, 0.15) is 41.9 Å². The van der Waals surface area contributed by atoms with E-state index in [1.807, 2.05) is 13.8 Å². The Bertz CT molecular complexity index is 1350. The van der Waals surface area contributed by atoms with Crippen molar-refractivity contribution in [3.05, 3.63) is 61.9 Å². The van der Waals surface area contributed by atoms with Crippen LogP contribution in [-0.2, 0) is 20.5 Å². The van der Waals surface area contributed by atoms with Crippen LogP contribution in [0.2, 0.25) is 0 Å². The quantitative estimate of drug-likeness (QED) is 0.637. The zero-order valence-electron chi connectivity index (χ0n) is 16.7. The van der Waals surface area contributed by atoms with Gasteiger partial charge in [-0.1, -0.05) is 26.0 Å². The summed E-state index contributed by atoms with van der Waals surface area (Å²) in [6.45, 7) is 4.01. The molecule has 2 aromatic heterocycles. The van der Waals surface area contributed by atoms with Crippen molar-refractivity contribution in [3.63, 3.8) is 0 Å². The molecule has 7 heteroatoms. The molecular formula is C22H20N4O3. The number of Topliss-reactive ketones (excluding diaryl/α,β-unsaturated/α-hetero) is 1. The Morgan fingerprint density at radius 3 is 2.28 bits per heavy atom. The first kappa shape index (κ1) is 18.8. The number of pyridine rings is 1. The lowest BCUT2D eigenvalue weighted by atomic mass is 9.73. The Hall–Kier alpha value is -3.53. The number of aromatic nitrogens is 3. The first-order valence-electron chi connectivity index (χ1n) is 9.31. The standard InChI is InChI=1S/C22H20N4O3/c1-22(2)9-14-17(15(27)10-22)16(13-7-5-12(11-23)6-8-13)18-19(24-14)25(3)21(29)26(4)20(18)28/h5-8H,9-10H2,1-4H3. The summed E-state index contributed by atoms with van der Waals surface area (Å²) in [7, 11) is 2.99. The summed E-state index contributed by atoms with van der Waals surface area (Å²) in [6, 6.07) is 8.83. The Kier molecular flexibility index (Phi) is 4.05. The topological polar surface area (TPSA) is 97.8 Å². The van der Waals surface area contributed by atoms with E-state index in [1.54, 1.807) is 31.3 Å². The molecule has 0 aliphatic heterocycles. The van der Waals surface area contributed by atoms with Crippen molar-refractivity contribution in [2.75, 3.05) is 0 Å². The average molecular weight is 388 g/mol. The highest BCUT2D eigenvalue weighted by Crippen LogP contribution is 2.40. The molecule has 0 radical (unpaired) electrons. The van der Waals surface area contributed by atoms with Gasteiger partial charge < -0.3 is 0 Å². The molecule has 0 amide bonds. The molecule has 3 aromatic rings. The molecule has 1 aliphatic rings. The molecule has 0 saturated heterocycles. The summed E-state index contributed by atoms with van der Waals surface area (Å²) in [5.74, 6) is -0.0686. The fraction of sp³-hybridized carbons (Fsp3) is 0.318. The maximum absolute atomic E-state index is 13.1. The number of carbonyl (C=O) groups excluding carboxylic acids is 1. The van der Waals surface area contributed by atoms with Gasteiger partial charge in [0, 0.05) is 31.6 Å². The molecule has 29 heavy (non-hydrogen) atoms. The van der Waals surface area contributed by atoms with Crippen LogP contribution in [0.3, 0.4) is 0 Å². The monoisotopic (exact) mass is 388 g/mol. The van der Waals surface area contributed by atoms with Gasteiger partial charge in [-0.2, -0.15) is 5.26 Å². The van der Waals surface area contributed by atoms with Gasteiger partial charge in [0.15, 0.2) is 5.78 Å². The Balaban J connectivity index is 2.23. The van der Waals surface area contributed by atoms with E-state index in [-0.39, 0.29) is 22.2 Å². The molecule has 0 spiro atoms. The zero-order valence-corrected chi connectivity index (χ0v) is 16.7. The Morgan fingerprint density at radius 2 is 1.66 bits per heavy atom. The second kappa shape index (κ2) is 6.24. The van der Waals surface area contributed by atoms with Crippen LogP contribution in [0.4, 0.5) is 0 Å². The van der Waals surface area contributed by atoms with Crippen LogP contribution < -0.4 is 11.2 Å². The minimum Gasteiger partial charge on any atom is -0.294 e. The molecule has 0 N–H and O–H groups in total. The van der Waals surface area contributed by atoms with Crippen molar-refractivity contribution in [1.29, 1.82) is 5.26 Å². The van der Waals surface area contributed by atoms with Crippen LogP contribution in [0.5, 0.6) is 0 Å². The van der Waals surface area contributed by atoms with Gasteiger partial charge in [0.25, 0.3) is 5.56 Å². The molecule has 2 heterocycles. The normalized spacial score (nSPS) is 15.2. The summed E-state index contributed by atoms with van der Waals surface area (Å²) >= 11 is 0. The summed E-state index contributed by atoms with van der Waals surface area (Å²) in [6.07, 6.45) is 0.916. The number of benzene rings is 1. The molecule has 0 unspecified atom stereocenters. The first-order valence-corrected chi connectivity index (χ1v) is 9.31. The van der Waals surface area contributed by atoms with Crippen LogP contribution >= 0.6 is 0 Å². The molecule has 0 fully saturated rings. The summed E-state index contributed by atoms with van der Waals surface area (Å²) in [4.78, 5) is 43.3. The highest BCUT2D eigenvalue weighted by atomic mass is 16.2. The van der Waals surface area contributed by atoms with Gasteiger partial charge in [0.05, 0.1) is 22.7 Å². The maximum Gasteiger partial charge on any atom is 0.332 e. The van der Waals surface area contributed by atoms with Gasteiger partial charge in [-0.05, 0) is 29.5 Å². The lowest BCUT2D eigenvalue weighted by Crippen LogP contribution is -2.38. The van der Waals surface area contributed by atoms with E-state index >= 15 is 0 Å². The largest absolute Gasteiger partial charge is 0.332 e. The number of carbonyl (C=O) groups is 1. The number of ketones is 1. The van der Waals surface area contributed by atoms with E-state index in [0.29, 0.717) is 40.8 Å². The number of fused-ring (bicyclic) bond motifs is 2. The third-order valence-electron chi connectivity index (χ3n) is 5.53.